The zero-order chi connectivity index (χ0) is 18.9. The van der Waals surface area contributed by atoms with Gasteiger partial charge >= 0.3 is 0 Å². The van der Waals surface area contributed by atoms with E-state index in [9.17, 15) is 9.59 Å². The number of nitrogens with zero attached hydrogens (tertiary/aromatic N) is 1. The highest BCUT2D eigenvalue weighted by molar-refractivity contribution is 5.87. The second kappa shape index (κ2) is 10.3. The zero-order valence-corrected chi connectivity index (χ0v) is 15.6. The van der Waals surface area contributed by atoms with E-state index < -0.39 is 6.04 Å². The Balaban J connectivity index is 1.92. The standard InChI is InChI=1S/C19H30N4O3/c1-14(2)18(20)19(25)21-12-17(24)22-16(15-6-4-3-5-7-15)13-23-8-10-26-11-9-23/h3-7,14,16,18H,8-13,20H2,1-2H3,(H,21,25)(H,22,24)/t16?,18-/m0/s1. The van der Waals surface area contributed by atoms with E-state index in [0.29, 0.717) is 19.8 Å². The van der Waals surface area contributed by atoms with E-state index in [-0.39, 0.29) is 30.3 Å². The van der Waals surface area contributed by atoms with Gasteiger partial charge in [0.2, 0.25) is 11.8 Å². The number of ether oxygens (including phenoxy) is 1. The average molecular weight is 362 g/mol. The predicted octanol–water partition coefficient (Wildman–Crippen LogP) is 0.276. The topological polar surface area (TPSA) is 96.7 Å². The van der Waals surface area contributed by atoms with Crippen LogP contribution in [0.15, 0.2) is 30.3 Å². The molecule has 0 aliphatic carbocycles. The molecule has 2 amide bonds. The van der Waals surface area contributed by atoms with Crippen molar-refractivity contribution in [2.24, 2.45) is 11.7 Å². The van der Waals surface area contributed by atoms with Crippen molar-refractivity contribution < 1.29 is 14.3 Å². The molecule has 1 unspecified atom stereocenters. The predicted molar refractivity (Wildman–Crippen MR) is 100 cm³/mol. The van der Waals surface area contributed by atoms with Gasteiger partial charge in [0.15, 0.2) is 0 Å². The van der Waals surface area contributed by atoms with Crippen molar-refractivity contribution >= 4 is 11.8 Å². The van der Waals surface area contributed by atoms with E-state index in [2.05, 4.69) is 15.5 Å². The molecule has 1 aliphatic rings. The molecule has 7 nitrogen and oxygen atoms in total. The normalized spacial score (nSPS) is 17.5. The molecule has 1 heterocycles. The van der Waals surface area contributed by atoms with Gasteiger partial charge in [0.25, 0.3) is 0 Å². The largest absolute Gasteiger partial charge is 0.379 e. The lowest BCUT2D eigenvalue weighted by Gasteiger charge is -2.31. The Morgan fingerprint density at radius 2 is 1.85 bits per heavy atom. The van der Waals surface area contributed by atoms with Crippen molar-refractivity contribution in [1.29, 1.82) is 0 Å². The van der Waals surface area contributed by atoms with Gasteiger partial charge in [-0.2, -0.15) is 0 Å². The number of morpholine rings is 1. The van der Waals surface area contributed by atoms with Crippen molar-refractivity contribution in [1.82, 2.24) is 15.5 Å². The Hall–Kier alpha value is -1.96. The monoisotopic (exact) mass is 362 g/mol. The van der Waals surface area contributed by atoms with Crippen molar-refractivity contribution in [2.45, 2.75) is 25.9 Å². The molecular weight excluding hydrogens is 332 g/mol. The highest BCUT2D eigenvalue weighted by Gasteiger charge is 2.21. The maximum atomic E-state index is 12.4. The van der Waals surface area contributed by atoms with Crippen molar-refractivity contribution in [3.63, 3.8) is 0 Å². The second-order valence-corrected chi connectivity index (χ2v) is 6.93. The SMILES string of the molecule is CC(C)[C@H](N)C(=O)NCC(=O)NC(CN1CCOCC1)c1ccccc1. The minimum atomic E-state index is -0.610. The first kappa shape index (κ1) is 20.4. The summed E-state index contributed by atoms with van der Waals surface area (Å²) in [6.07, 6.45) is 0. The zero-order valence-electron chi connectivity index (χ0n) is 15.6. The van der Waals surface area contributed by atoms with E-state index in [4.69, 9.17) is 10.5 Å². The highest BCUT2D eigenvalue weighted by atomic mass is 16.5. The van der Waals surface area contributed by atoms with Crippen molar-refractivity contribution in [2.75, 3.05) is 39.4 Å². The van der Waals surface area contributed by atoms with Crippen molar-refractivity contribution in [3.8, 4) is 0 Å². The minimum absolute atomic E-state index is 0.0245. The molecular formula is C19H30N4O3. The molecule has 1 fully saturated rings. The molecule has 144 valence electrons. The Morgan fingerprint density at radius 3 is 2.46 bits per heavy atom. The van der Waals surface area contributed by atoms with Crippen LogP contribution in [0.4, 0.5) is 0 Å². The van der Waals surface area contributed by atoms with Gasteiger partial charge in [0.05, 0.1) is 31.8 Å². The van der Waals surface area contributed by atoms with Gasteiger partial charge in [-0.05, 0) is 11.5 Å². The number of hydrogen-bond acceptors (Lipinski definition) is 5. The van der Waals surface area contributed by atoms with Gasteiger partial charge in [-0.3, -0.25) is 14.5 Å². The van der Waals surface area contributed by atoms with E-state index in [1.807, 2.05) is 44.2 Å². The third-order valence-corrected chi connectivity index (χ3v) is 4.53. The highest BCUT2D eigenvalue weighted by Crippen LogP contribution is 2.15. The summed E-state index contributed by atoms with van der Waals surface area (Å²) in [4.78, 5) is 26.6. The van der Waals surface area contributed by atoms with Gasteiger partial charge in [0, 0.05) is 19.6 Å². The first-order chi connectivity index (χ1) is 12.5. The summed E-state index contributed by atoms with van der Waals surface area (Å²) in [6.45, 7) is 7.48. The van der Waals surface area contributed by atoms with Gasteiger partial charge < -0.3 is 21.1 Å². The van der Waals surface area contributed by atoms with E-state index in [1.165, 1.54) is 0 Å². The number of nitrogens with two attached hydrogens (primary N) is 1. The maximum absolute atomic E-state index is 12.4. The van der Waals surface area contributed by atoms with Crippen LogP contribution >= 0.6 is 0 Å². The molecule has 0 saturated carbocycles. The number of benzene rings is 1. The van der Waals surface area contributed by atoms with Gasteiger partial charge in [0.1, 0.15) is 0 Å². The minimum Gasteiger partial charge on any atom is -0.379 e. The number of hydrogen-bond donors (Lipinski definition) is 3. The lowest BCUT2D eigenvalue weighted by atomic mass is 10.0. The number of carbonyl (C=O) groups excluding carboxylic acids is 2. The molecule has 2 rings (SSSR count). The van der Waals surface area contributed by atoms with Crippen LogP contribution in [-0.4, -0.2) is 62.1 Å². The van der Waals surface area contributed by atoms with Crippen LogP contribution in [0.1, 0.15) is 25.5 Å². The molecule has 0 bridgehead atoms. The maximum Gasteiger partial charge on any atom is 0.239 e. The quantitative estimate of drug-likeness (QED) is 0.617. The molecule has 1 aliphatic heterocycles. The molecule has 0 radical (unpaired) electrons. The molecule has 7 heteroatoms. The van der Waals surface area contributed by atoms with E-state index in [1.54, 1.807) is 0 Å². The summed E-state index contributed by atoms with van der Waals surface area (Å²) in [6, 6.07) is 9.11. The van der Waals surface area contributed by atoms with Crippen LogP contribution in [0.25, 0.3) is 0 Å². The van der Waals surface area contributed by atoms with Gasteiger partial charge in [-0.15, -0.1) is 0 Å². The molecule has 26 heavy (non-hydrogen) atoms. The molecule has 1 saturated heterocycles. The fraction of sp³-hybridized carbons (Fsp3) is 0.579. The Kier molecular flexibility index (Phi) is 8.03. The van der Waals surface area contributed by atoms with Crippen LogP contribution < -0.4 is 16.4 Å². The van der Waals surface area contributed by atoms with Crippen LogP contribution in [0.5, 0.6) is 0 Å². The Bertz CT molecular complexity index is 573. The summed E-state index contributed by atoms with van der Waals surface area (Å²) in [7, 11) is 0. The Morgan fingerprint density at radius 1 is 1.19 bits per heavy atom. The third kappa shape index (κ3) is 6.40. The van der Waals surface area contributed by atoms with Crippen LogP contribution in [-0.2, 0) is 14.3 Å². The Labute approximate surface area is 155 Å². The molecule has 0 spiro atoms. The second-order valence-electron chi connectivity index (χ2n) is 6.93. The summed E-state index contributed by atoms with van der Waals surface area (Å²) < 4.78 is 5.39. The van der Waals surface area contributed by atoms with Crippen molar-refractivity contribution in [3.05, 3.63) is 35.9 Å². The van der Waals surface area contributed by atoms with Crippen LogP contribution in [0, 0.1) is 5.92 Å². The number of rotatable bonds is 8. The summed E-state index contributed by atoms with van der Waals surface area (Å²) >= 11 is 0. The summed E-state index contributed by atoms with van der Waals surface area (Å²) in [5.74, 6) is -0.507. The van der Waals surface area contributed by atoms with Gasteiger partial charge in [-0.1, -0.05) is 44.2 Å². The van der Waals surface area contributed by atoms with Crippen LogP contribution in [0.2, 0.25) is 0 Å². The fourth-order valence-corrected chi connectivity index (χ4v) is 2.80. The number of nitrogens with one attached hydrogen (secondary N) is 2. The molecule has 2 atom stereocenters. The lowest BCUT2D eigenvalue weighted by molar-refractivity contribution is -0.127. The summed E-state index contributed by atoms with van der Waals surface area (Å²) in [5.41, 5.74) is 6.84. The first-order valence-electron chi connectivity index (χ1n) is 9.15. The van der Waals surface area contributed by atoms with Gasteiger partial charge in [-0.25, -0.2) is 0 Å². The molecule has 0 aromatic heterocycles. The smallest absolute Gasteiger partial charge is 0.239 e. The molecule has 4 N–H and O–H groups in total. The molecule has 1 aromatic rings. The number of amides is 2. The lowest BCUT2D eigenvalue weighted by Crippen LogP contribution is -2.48. The van der Waals surface area contributed by atoms with E-state index >= 15 is 0 Å². The number of carbonyl (C=O) groups is 2. The van der Waals surface area contributed by atoms with Crippen LogP contribution in [0.3, 0.4) is 0 Å². The van der Waals surface area contributed by atoms with E-state index in [0.717, 1.165) is 18.7 Å². The molecule has 1 aromatic carbocycles. The fourth-order valence-electron chi connectivity index (χ4n) is 2.80. The average Bonchev–Trinajstić information content (AvgIpc) is 2.66. The third-order valence-electron chi connectivity index (χ3n) is 4.53. The summed E-state index contributed by atoms with van der Waals surface area (Å²) in [5, 5.41) is 5.64. The first-order valence-corrected chi connectivity index (χ1v) is 9.15.